The Morgan fingerprint density at radius 2 is 2.13 bits per heavy atom. The Morgan fingerprint density at radius 3 is 2.84 bits per heavy atom. The molecule has 1 saturated heterocycles. The predicted molar refractivity (Wildman–Crippen MR) is 129 cm³/mol. The Hall–Kier alpha value is -1.74. The lowest BCUT2D eigenvalue weighted by Gasteiger charge is -2.34. The summed E-state index contributed by atoms with van der Waals surface area (Å²) in [5.41, 5.74) is 9.93. The van der Waals surface area contributed by atoms with Crippen molar-refractivity contribution in [1.82, 2.24) is 19.5 Å². The van der Waals surface area contributed by atoms with Crippen molar-refractivity contribution in [3.63, 3.8) is 0 Å². The SMILES string of the molecule is CC1CCSC=C1c1cnn2c(N)c(Br)c(C3CCCN(C(=O)OC(C)(C)C)C3)nc12. The number of nitrogen functional groups attached to an aromatic ring is 1. The molecule has 2 N–H and O–H groups in total. The van der Waals surface area contributed by atoms with E-state index in [0.717, 1.165) is 46.4 Å². The van der Waals surface area contributed by atoms with Crippen LogP contribution >= 0.6 is 27.7 Å². The number of ether oxygens (including phenoxy) is 1. The maximum atomic E-state index is 12.6. The molecule has 0 radical (unpaired) electrons. The monoisotopic (exact) mass is 507 g/mol. The minimum absolute atomic E-state index is 0.0813. The second-order valence-electron chi connectivity index (χ2n) is 9.39. The molecule has 31 heavy (non-hydrogen) atoms. The number of aromatic nitrogens is 3. The van der Waals surface area contributed by atoms with Crippen molar-refractivity contribution in [1.29, 1.82) is 0 Å². The lowest BCUT2D eigenvalue weighted by molar-refractivity contribution is 0.0197. The molecule has 0 bridgehead atoms. The van der Waals surface area contributed by atoms with E-state index in [1.54, 1.807) is 9.42 Å². The second kappa shape index (κ2) is 8.65. The summed E-state index contributed by atoms with van der Waals surface area (Å²) in [6.45, 7) is 9.17. The largest absolute Gasteiger partial charge is 0.444 e. The van der Waals surface area contributed by atoms with Gasteiger partial charge in [0.25, 0.3) is 0 Å². The zero-order valence-electron chi connectivity index (χ0n) is 18.5. The average molecular weight is 508 g/mol. The standard InChI is InChI=1S/C22H30BrN5O2S/c1-13-7-9-31-12-16(13)15-10-25-28-19(24)17(23)18(26-20(15)28)14-6-5-8-27(11-14)21(29)30-22(2,3)4/h10,12-14H,5-9,11,24H2,1-4H3. The van der Waals surface area contributed by atoms with E-state index < -0.39 is 5.60 Å². The third kappa shape index (κ3) is 4.58. The molecule has 0 aliphatic carbocycles. The van der Waals surface area contributed by atoms with Crippen molar-refractivity contribution in [2.75, 3.05) is 24.6 Å². The number of allylic oxidation sites excluding steroid dienone is 1. The molecule has 168 valence electrons. The van der Waals surface area contributed by atoms with Crippen molar-refractivity contribution in [2.45, 2.75) is 58.5 Å². The number of piperidine rings is 1. The van der Waals surface area contributed by atoms with Gasteiger partial charge in [-0.15, -0.1) is 11.8 Å². The number of carbonyl (C=O) groups is 1. The van der Waals surface area contributed by atoms with E-state index in [0.29, 0.717) is 24.8 Å². The van der Waals surface area contributed by atoms with Crippen LogP contribution in [0.1, 0.15) is 64.1 Å². The zero-order valence-corrected chi connectivity index (χ0v) is 20.9. The van der Waals surface area contributed by atoms with Crippen LogP contribution in [0.5, 0.6) is 0 Å². The van der Waals surface area contributed by atoms with Crippen LogP contribution in [0.3, 0.4) is 0 Å². The van der Waals surface area contributed by atoms with Gasteiger partial charge in [0.2, 0.25) is 0 Å². The minimum atomic E-state index is -0.513. The van der Waals surface area contributed by atoms with Crippen molar-refractivity contribution < 1.29 is 9.53 Å². The van der Waals surface area contributed by atoms with E-state index in [1.807, 2.05) is 38.7 Å². The van der Waals surface area contributed by atoms with Crippen LogP contribution in [-0.2, 0) is 4.74 Å². The molecule has 2 aliphatic rings. The Labute approximate surface area is 195 Å². The quantitative estimate of drug-likeness (QED) is 0.593. The highest BCUT2D eigenvalue weighted by Gasteiger charge is 2.31. The summed E-state index contributed by atoms with van der Waals surface area (Å²) in [6.07, 6.45) is 4.58. The number of halogens is 1. The third-order valence-corrected chi connectivity index (χ3v) is 7.53. The van der Waals surface area contributed by atoms with Crippen LogP contribution in [0.2, 0.25) is 0 Å². The van der Waals surface area contributed by atoms with E-state index in [2.05, 4.69) is 33.4 Å². The zero-order chi connectivity index (χ0) is 22.3. The van der Waals surface area contributed by atoms with E-state index in [4.69, 9.17) is 15.5 Å². The van der Waals surface area contributed by atoms with Gasteiger partial charge in [0.1, 0.15) is 11.4 Å². The van der Waals surface area contributed by atoms with Crippen molar-refractivity contribution >= 4 is 50.8 Å². The molecule has 0 spiro atoms. The molecule has 0 aromatic carbocycles. The molecule has 2 aliphatic heterocycles. The summed E-state index contributed by atoms with van der Waals surface area (Å²) in [4.78, 5) is 19.5. The van der Waals surface area contributed by atoms with Crippen molar-refractivity contribution in [3.05, 3.63) is 27.3 Å². The summed E-state index contributed by atoms with van der Waals surface area (Å²) in [5, 5.41) is 6.75. The topological polar surface area (TPSA) is 85.8 Å². The highest BCUT2D eigenvalue weighted by Crippen LogP contribution is 2.39. The van der Waals surface area contributed by atoms with E-state index in [1.165, 1.54) is 5.57 Å². The van der Waals surface area contributed by atoms with Crippen LogP contribution in [0.15, 0.2) is 16.1 Å². The number of hydrogen-bond acceptors (Lipinski definition) is 6. The van der Waals surface area contributed by atoms with E-state index in [-0.39, 0.29) is 12.0 Å². The molecule has 4 rings (SSSR count). The molecular formula is C22H30BrN5O2S. The van der Waals surface area contributed by atoms with Gasteiger partial charge in [-0.1, -0.05) is 6.92 Å². The third-order valence-electron chi connectivity index (χ3n) is 5.83. The fourth-order valence-electron chi connectivity index (χ4n) is 4.17. The first kappa shape index (κ1) is 22.5. The molecular weight excluding hydrogens is 478 g/mol. The Morgan fingerprint density at radius 1 is 1.35 bits per heavy atom. The van der Waals surface area contributed by atoms with Crippen LogP contribution in [0, 0.1) is 5.92 Å². The van der Waals surface area contributed by atoms with Gasteiger partial charge in [-0.05, 0) is 78.6 Å². The number of nitrogens with zero attached hydrogens (tertiary/aromatic N) is 4. The number of amides is 1. The maximum absolute atomic E-state index is 12.6. The van der Waals surface area contributed by atoms with Gasteiger partial charge in [0, 0.05) is 24.6 Å². The summed E-state index contributed by atoms with van der Waals surface area (Å²) in [5.74, 6) is 2.22. The molecule has 9 heteroatoms. The number of rotatable bonds is 2. The lowest BCUT2D eigenvalue weighted by atomic mass is 9.93. The number of fused-ring (bicyclic) bond motifs is 1. The molecule has 7 nitrogen and oxygen atoms in total. The number of hydrogen-bond donors (Lipinski definition) is 1. The number of thioether (sulfide) groups is 1. The molecule has 2 aromatic rings. The van der Waals surface area contributed by atoms with Crippen molar-refractivity contribution in [2.24, 2.45) is 5.92 Å². The average Bonchev–Trinajstić information content (AvgIpc) is 3.14. The fourth-order valence-corrected chi connectivity index (χ4v) is 5.90. The van der Waals surface area contributed by atoms with Gasteiger partial charge < -0.3 is 15.4 Å². The second-order valence-corrected chi connectivity index (χ2v) is 11.2. The summed E-state index contributed by atoms with van der Waals surface area (Å²) < 4.78 is 8.06. The number of anilines is 1. The van der Waals surface area contributed by atoms with Gasteiger partial charge >= 0.3 is 6.09 Å². The summed E-state index contributed by atoms with van der Waals surface area (Å²) >= 11 is 5.49. The fraction of sp³-hybridized carbons (Fsp3) is 0.591. The molecule has 2 unspecified atom stereocenters. The number of likely N-dealkylation sites (tertiary alicyclic amines) is 1. The van der Waals surface area contributed by atoms with Crippen molar-refractivity contribution in [3.8, 4) is 0 Å². The number of nitrogens with two attached hydrogens (primary N) is 1. The Balaban J connectivity index is 1.69. The maximum Gasteiger partial charge on any atom is 0.410 e. The van der Waals surface area contributed by atoms with E-state index in [9.17, 15) is 4.79 Å². The van der Waals surface area contributed by atoms with Crippen LogP contribution in [0.25, 0.3) is 11.2 Å². The molecule has 2 aromatic heterocycles. The van der Waals surface area contributed by atoms with Gasteiger partial charge in [-0.3, -0.25) is 0 Å². The summed E-state index contributed by atoms with van der Waals surface area (Å²) in [6, 6.07) is 0. The highest BCUT2D eigenvalue weighted by atomic mass is 79.9. The minimum Gasteiger partial charge on any atom is -0.444 e. The molecule has 1 amide bonds. The first-order valence-electron chi connectivity index (χ1n) is 10.8. The predicted octanol–water partition coefficient (Wildman–Crippen LogP) is 5.30. The van der Waals surface area contributed by atoms with Gasteiger partial charge in [0.15, 0.2) is 5.65 Å². The molecule has 2 atom stereocenters. The highest BCUT2D eigenvalue weighted by molar-refractivity contribution is 9.10. The van der Waals surface area contributed by atoms with E-state index >= 15 is 0 Å². The van der Waals surface area contributed by atoms with Crippen LogP contribution in [-0.4, -0.2) is 50.0 Å². The normalized spacial score (nSPS) is 22.5. The first-order chi connectivity index (χ1) is 14.7. The Bertz CT molecular complexity index is 1030. The molecule has 0 saturated carbocycles. The molecule has 1 fully saturated rings. The lowest BCUT2D eigenvalue weighted by Crippen LogP contribution is -2.42. The molecule has 4 heterocycles. The summed E-state index contributed by atoms with van der Waals surface area (Å²) in [7, 11) is 0. The van der Waals surface area contributed by atoms with Gasteiger partial charge in [-0.25, -0.2) is 9.78 Å². The Kier molecular flexibility index (Phi) is 6.27. The van der Waals surface area contributed by atoms with Crippen LogP contribution < -0.4 is 5.73 Å². The smallest absolute Gasteiger partial charge is 0.410 e. The van der Waals surface area contributed by atoms with Gasteiger partial charge in [-0.2, -0.15) is 9.61 Å². The van der Waals surface area contributed by atoms with Crippen LogP contribution in [0.4, 0.5) is 10.6 Å². The van der Waals surface area contributed by atoms with Gasteiger partial charge in [0.05, 0.1) is 16.4 Å². The number of carbonyl (C=O) groups excluding carboxylic acids is 1. The first-order valence-corrected chi connectivity index (χ1v) is 12.6.